The third-order valence-corrected chi connectivity index (χ3v) is 5.10. The van der Waals surface area contributed by atoms with E-state index in [9.17, 15) is 18.0 Å². The van der Waals surface area contributed by atoms with Gasteiger partial charge in [0.15, 0.2) is 6.61 Å². The van der Waals surface area contributed by atoms with Crippen molar-refractivity contribution in [2.24, 2.45) is 0 Å². The molecule has 2 aromatic rings. The number of rotatable bonds is 6. The number of amides is 1. The minimum Gasteiger partial charge on any atom is -0.452 e. The summed E-state index contributed by atoms with van der Waals surface area (Å²) < 4.78 is 30.1. The highest BCUT2D eigenvalue weighted by Gasteiger charge is 2.18. The van der Waals surface area contributed by atoms with Gasteiger partial charge in [-0.15, -0.1) is 0 Å². The molecule has 0 saturated heterocycles. The number of pyridine rings is 1. The molecule has 9 nitrogen and oxygen atoms in total. The van der Waals surface area contributed by atoms with Crippen LogP contribution in [0.25, 0.3) is 0 Å². The van der Waals surface area contributed by atoms with Crippen molar-refractivity contribution in [2.75, 3.05) is 31.8 Å². The zero-order chi connectivity index (χ0) is 19.3. The summed E-state index contributed by atoms with van der Waals surface area (Å²) in [4.78, 5) is 27.6. The average Bonchev–Trinajstić information content (AvgIpc) is 2.60. The second-order valence-electron chi connectivity index (χ2n) is 5.38. The quantitative estimate of drug-likeness (QED) is 0.708. The standard InChI is InChI=1S/C16H18N4O5S/c1-20(2)26(23,24)12-6-3-5-11(9-12)19-14(21)10-25-16(22)13-7-4-8-18-15(13)17/h3-9H,10H2,1-2H3,(H2,17,18)(H,19,21). The molecule has 26 heavy (non-hydrogen) atoms. The molecule has 0 aliphatic heterocycles. The number of nitrogens with one attached hydrogen (secondary N) is 1. The molecule has 0 bridgehead atoms. The molecular formula is C16H18N4O5S. The van der Waals surface area contributed by atoms with Crippen LogP contribution in [0.3, 0.4) is 0 Å². The number of benzene rings is 1. The number of sulfonamides is 1. The predicted octanol–water partition coefficient (Wildman–Crippen LogP) is 0.710. The van der Waals surface area contributed by atoms with Gasteiger partial charge in [-0.1, -0.05) is 6.07 Å². The zero-order valence-corrected chi connectivity index (χ0v) is 15.0. The predicted molar refractivity (Wildman–Crippen MR) is 94.9 cm³/mol. The van der Waals surface area contributed by atoms with Crippen molar-refractivity contribution in [3.8, 4) is 0 Å². The van der Waals surface area contributed by atoms with Crippen molar-refractivity contribution in [3.05, 3.63) is 48.2 Å². The highest BCUT2D eigenvalue weighted by atomic mass is 32.2. The fourth-order valence-corrected chi connectivity index (χ4v) is 2.89. The van der Waals surface area contributed by atoms with Gasteiger partial charge in [0.05, 0.1) is 4.90 Å². The number of nitrogen functional groups attached to an aromatic ring is 1. The molecule has 138 valence electrons. The SMILES string of the molecule is CN(C)S(=O)(=O)c1cccc(NC(=O)COC(=O)c2cccnc2N)c1. The number of carbonyl (C=O) groups excluding carboxylic acids is 2. The smallest absolute Gasteiger partial charge is 0.342 e. The van der Waals surface area contributed by atoms with Gasteiger partial charge in [0.1, 0.15) is 11.4 Å². The van der Waals surface area contributed by atoms with Crippen LogP contribution in [-0.2, 0) is 19.6 Å². The molecule has 0 atom stereocenters. The Morgan fingerprint density at radius 1 is 1.23 bits per heavy atom. The summed E-state index contributed by atoms with van der Waals surface area (Å²) in [5.74, 6) is -1.41. The van der Waals surface area contributed by atoms with Crippen LogP contribution in [0.15, 0.2) is 47.5 Å². The fraction of sp³-hybridized carbons (Fsp3) is 0.188. The van der Waals surface area contributed by atoms with Gasteiger partial charge < -0.3 is 15.8 Å². The first-order valence-corrected chi connectivity index (χ1v) is 8.86. The lowest BCUT2D eigenvalue weighted by Crippen LogP contribution is -2.23. The van der Waals surface area contributed by atoms with E-state index in [1.807, 2.05) is 0 Å². The Labute approximate surface area is 150 Å². The Morgan fingerprint density at radius 2 is 1.96 bits per heavy atom. The van der Waals surface area contributed by atoms with Crippen LogP contribution in [0.1, 0.15) is 10.4 Å². The molecule has 10 heteroatoms. The summed E-state index contributed by atoms with van der Waals surface area (Å²) in [5, 5.41) is 2.47. The molecule has 0 fully saturated rings. The molecule has 0 spiro atoms. The van der Waals surface area contributed by atoms with Crippen molar-refractivity contribution in [1.29, 1.82) is 0 Å². The number of esters is 1. The molecule has 1 heterocycles. The molecule has 0 aliphatic carbocycles. The van der Waals surface area contributed by atoms with Crippen LogP contribution >= 0.6 is 0 Å². The highest BCUT2D eigenvalue weighted by Crippen LogP contribution is 2.18. The maximum atomic E-state index is 12.1. The van der Waals surface area contributed by atoms with Crippen LogP contribution in [0.2, 0.25) is 0 Å². The van der Waals surface area contributed by atoms with Crippen molar-refractivity contribution in [3.63, 3.8) is 0 Å². The molecule has 1 aromatic heterocycles. The van der Waals surface area contributed by atoms with E-state index in [1.54, 1.807) is 0 Å². The van der Waals surface area contributed by atoms with E-state index in [0.717, 1.165) is 4.31 Å². The first-order chi connectivity index (χ1) is 12.2. The van der Waals surface area contributed by atoms with Crippen LogP contribution < -0.4 is 11.1 Å². The second-order valence-corrected chi connectivity index (χ2v) is 7.53. The number of carbonyl (C=O) groups is 2. The van der Waals surface area contributed by atoms with Crippen molar-refractivity contribution in [1.82, 2.24) is 9.29 Å². The highest BCUT2D eigenvalue weighted by molar-refractivity contribution is 7.89. The van der Waals surface area contributed by atoms with E-state index in [0.29, 0.717) is 0 Å². The van der Waals surface area contributed by atoms with E-state index >= 15 is 0 Å². The molecule has 0 radical (unpaired) electrons. The van der Waals surface area contributed by atoms with Crippen molar-refractivity contribution in [2.45, 2.75) is 4.90 Å². The molecular weight excluding hydrogens is 360 g/mol. The first-order valence-electron chi connectivity index (χ1n) is 7.42. The maximum Gasteiger partial charge on any atom is 0.342 e. The van der Waals surface area contributed by atoms with Gasteiger partial charge in [0, 0.05) is 26.0 Å². The van der Waals surface area contributed by atoms with Crippen molar-refractivity contribution >= 4 is 33.4 Å². The fourth-order valence-electron chi connectivity index (χ4n) is 1.94. The Morgan fingerprint density at radius 3 is 2.62 bits per heavy atom. The van der Waals surface area contributed by atoms with Crippen LogP contribution in [-0.4, -0.2) is 50.3 Å². The van der Waals surface area contributed by atoms with E-state index < -0.39 is 28.5 Å². The monoisotopic (exact) mass is 378 g/mol. The van der Waals surface area contributed by atoms with Gasteiger partial charge in [0.25, 0.3) is 5.91 Å². The van der Waals surface area contributed by atoms with E-state index in [2.05, 4.69) is 10.3 Å². The zero-order valence-electron chi connectivity index (χ0n) is 14.2. The maximum absolute atomic E-state index is 12.1. The van der Waals surface area contributed by atoms with Crippen molar-refractivity contribution < 1.29 is 22.7 Å². The Hall–Kier alpha value is -2.98. The van der Waals surface area contributed by atoms with Gasteiger partial charge >= 0.3 is 5.97 Å². The topological polar surface area (TPSA) is 132 Å². The lowest BCUT2D eigenvalue weighted by Gasteiger charge is -2.12. The van der Waals surface area contributed by atoms with Gasteiger partial charge in [-0.3, -0.25) is 4.79 Å². The molecule has 1 aromatic carbocycles. The molecule has 0 unspecified atom stereocenters. The summed E-state index contributed by atoms with van der Waals surface area (Å²) >= 11 is 0. The molecule has 0 aliphatic rings. The van der Waals surface area contributed by atoms with Crippen LogP contribution in [0.4, 0.5) is 11.5 Å². The number of anilines is 2. The van der Waals surface area contributed by atoms with Crippen LogP contribution in [0, 0.1) is 0 Å². The first kappa shape index (κ1) is 19.3. The molecule has 3 N–H and O–H groups in total. The molecule has 2 rings (SSSR count). The number of hydrogen-bond donors (Lipinski definition) is 2. The second kappa shape index (κ2) is 7.93. The average molecular weight is 378 g/mol. The summed E-state index contributed by atoms with van der Waals surface area (Å²) in [6, 6.07) is 8.69. The normalized spacial score (nSPS) is 11.2. The Kier molecular flexibility index (Phi) is 5.90. The summed E-state index contributed by atoms with van der Waals surface area (Å²) in [5.41, 5.74) is 5.87. The number of nitrogens with zero attached hydrogens (tertiary/aromatic N) is 2. The Balaban J connectivity index is 2.00. The van der Waals surface area contributed by atoms with Gasteiger partial charge in [-0.25, -0.2) is 22.5 Å². The van der Waals surface area contributed by atoms with Gasteiger partial charge in [-0.05, 0) is 30.3 Å². The van der Waals surface area contributed by atoms with E-state index in [-0.39, 0.29) is 22.0 Å². The number of aromatic nitrogens is 1. The lowest BCUT2D eigenvalue weighted by molar-refractivity contribution is -0.119. The summed E-state index contributed by atoms with van der Waals surface area (Å²) in [6.45, 7) is -0.558. The molecule has 0 saturated carbocycles. The minimum atomic E-state index is -3.63. The summed E-state index contributed by atoms with van der Waals surface area (Å²) in [7, 11) is -0.812. The number of hydrogen-bond acceptors (Lipinski definition) is 7. The lowest BCUT2D eigenvalue weighted by atomic mass is 10.2. The summed E-state index contributed by atoms with van der Waals surface area (Å²) in [6.07, 6.45) is 1.42. The van der Waals surface area contributed by atoms with E-state index in [4.69, 9.17) is 10.5 Å². The molecule has 1 amide bonds. The van der Waals surface area contributed by atoms with Gasteiger partial charge in [0.2, 0.25) is 10.0 Å². The van der Waals surface area contributed by atoms with E-state index in [1.165, 1.54) is 56.7 Å². The number of nitrogens with two attached hydrogens (primary N) is 1. The third kappa shape index (κ3) is 4.55. The third-order valence-electron chi connectivity index (χ3n) is 3.29. The number of ether oxygens (including phenoxy) is 1. The van der Waals surface area contributed by atoms with Gasteiger partial charge in [-0.2, -0.15) is 0 Å². The minimum absolute atomic E-state index is 0.000462. The Bertz CT molecular complexity index is 928. The van der Waals surface area contributed by atoms with Crippen LogP contribution in [0.5, 0.6) is 0 Å². The largest absolute Gasteiger partial charge is 0.452 e.